The highest BCUT2D eigenvalue weighted by Gasteiger charge is 2.13. The fourth-order valence-electron chi connectivity index (χ4n) is 2.03. The van der Waals surface area contributed by atoms with Crippen LogP contribution in [-0.2, 0) is 0 Å². The van der Waals surface area contributed by atoms with Crippen LogP contribution in [0.2, 0.25) is 0 Å². The lowest BCUT2D eigenvalue weighted by Crippen LogP contribution is -2.30. The molecule has 9 N–H and O–H groups in total. The summed E-state index contributed by atoms with van der Waals surface area (Å²) in [5, 5.41) is 7.55. The van der Waals surface area contributed by atoms with E-state index in [4.69, 9.17) is 31.4 Å². The van der Waals surface area contributed by atoms with E-state index in [2.05, 4.69) is 16.0 Å². The molecule has 1 aromatic rings. The minimum atomic E-state index is -0.730. The number of hydrogen-bond donors (Lipinski definition) is 6. The van der Waals surface area contributed by atoms with Crippen LogP contribution in [0.25, 0.3) is 0 Å². The van der Waals surface area contributed by atoms with Crippen molar-refractivity contribution in [3.63, 3.8) is 0 Å². The van der Waals surface area contributed by atoms with E-state index < -0.39 is 18.3 Å². The first-order valence-corrected chi connectivity index (χ1v) is 9.60. The van der Waals surface area contributed by atoms with Gasteiger partial charge in [-0.05, 0) is 38.9 Å². The third-order valence-corrected chi connectivity index (χ3v) is 3.44. The first kappa shape index (κ1) is 24.9. The molecule has 0 atom stereocenters. The van der Waals surface area contributed by atoms with E-state index in [9.17, 15) is 14.4 Å². The number of carbonyl (C=O) groups is 3. The van der Waals surface area contributed by atoms with E-state index >= 15 is 0 Å². The van der Waals surface area contributed by atoms with Gasteiger partial charge in [0.2, 0.25) is 0 Å². The lowest BCUT2D eigenvalue weighted by atomic mass is 10.3. The Balaban J connectivity index is 2.84. The molecule has 0 spiro atoms. The Kier molecular flexibility index (Phi) is 12.3. The number of rotatable bonds is 12. The Labute approximate surface area is 174 Å². The van der Waals surface area contributed by atoms with Gasteiger partial charge in [0.25, 0.3) is 0 Å². The predicted octanol–water partition coefficient (Wildman–Crippen LogP) is -0.00180. The second-order valence-electron chi connectivity index (χ2n) is 6.02. The normalized spacial score (nSPS) is 10.1. The van der Waals surface area contributed by atoms with Crippen molar-refractivity contribution in [2.24, 2.45) is 17.2 Å². The largest absolute Gasteiger partial charge is 0.412 e. The molecule has 0 aromatic heterocycles. The van der Waals surface area contributed by atoms with Gasteiger partial charge in [-0.3, -0.25) is 0 Å². The zero-order valence-corrected chi connectivity index (χ0v) is 16.8. The molecule has 0 heterocycles. The molecule has 0 fully saturated rings. The Morgan fingerprint density at radius 2 is 0.867 bits per heavy atom. The summed E-state index contributed by atoms with van der Waals surface area (Å²) in [4.78, 5) is 35.6. The molecule has 168 valence electrons. The van der Waals surface area contributed by atoms with Crippen LogP contribution >= 0.6 is 0 Å². The van der Waals surface area contributed by atoms with Crippen LogP contribution in [0.1, 0.15) is 19.3 Å². The molecule has 0 aliphatic heterocycles. The first-order valence-electron chi connectivity index (χ1n) is 9.60. The van der Waals surface area contributed by atoms with Crippen molar-refractivity contribution in [3.8, 4) is 17.2 Å². The highest BCUT2D eigenvalue weighted by Crippen LogP contribution is 2.28. The molecule has 0 radical (unpaired) electrons. The molecule has 0 aliphatic rings. The van der Waals surface area contributed by atoms with Gasteiger partial charge in [0.1, 0.15) is 17.2 Å². The van der Waals surface area contributed by atoms with Gasteiger partial charge in [0.15, 0.2) is 0 Å². The van der Waals surface area contributed by atoms with Gasteiger partial charge in [-0.1, -0.05) is 0 Å². The molecule has 0 aliphatic carbocycles. The van der Waals surface area contributed by atoms with Crippen molar-refractivity contribution in [1.82, 2.24) is 16.0 Å². The summed E-state index contributed by atoms with van der Waals surface area (Å²) >= 11 is 0. The zero-order valence-electron chi connectivity index (χ0n) is 16.8. The summed E-state index contributed by atoms with van der Waals surface area (Å²) in [6.45, 7) is 2.26. The average Bonchev–Trinajstić information content (AvgIpc) is 2.68. The maximum absolute atomic E-state index is 11.9. The van der Waals surface area contributed by atoms with Crippen molar-refractivity contribution in [2.45, 2.75) is 19.3 Å². The van der Waals surface area contributed by atoms with E-state index in [1.54, 1.807) is 0 Å². The monoisotopic (exact) mass is 426 g/mol. The Morgan fingerprint density at radius 3 is 1.10 bits per heavy atom. The molecule has 0 unspecified atom stereocenters. The van der Waals surface area contributed by atoms with Gasteiger partial charge in [-0.2, -0.15) is 0 Å². The lowest BCUT2D eigenvalue weighted by Gasteiger charge is -2.12. The van der Waals surface area contributed by atoms with E-state index in [0.717, 1.165) is 0 Å². The second-order valence-corrected chi connectivity index (χ2v) is 6.02. The Hall–Kier alpha value is -3.09. The second kappa shape index (κ2) is 14.8. The highest BCUT2D eigenvalue weighted by molar-refractivity contribution is 5.74. The highest BCUT2D eigenvalue weighted by atomic mass is 16.6. The van der Waals surface area contributed by atoms with Gasteiger partial charge >= 0.3 is 18.3 Å². The Bertz CT molecular complexity index is 584. The molecule has 1 rings (SSSR count). The maximum atomic E-state index is 11.9. The number of ether oxygens (including phenoxy) is 3. The minimum absolute atomic E-state index is 0.0114. The van der Waals surface area contributed by atoms with Crippen LogP contribution in [-0.4, -0.2) is 57.5 Å². The summed E-state index contributed by atoms with van der Waals surface area (Å²) in [6.07, 6.45) is -0.445. The van der Waals surface area contributed by atoms with E-state index in [1.807, 2.05) is 0 Å². The van der Waals surface area contributed by atoms with Crippen LogP contribution in [0.5, 0.6) is 17.2 Å². The fraction of sp³-hybridized carbons (Fsp3) is 0.500. The van der Waals surface area contributed by atoms with E-state index in [0.29, 0.717) is 58.5 Å². The summed E-state index contributed by atoms with van der Waals surface area (Å²) in [7, 11) is 0. The molecule has 0 saturated heterocycles. The maximum Gasteiger partial charge on any atom is 0.412 e. The first-order chi connectivity index (χ1) is 14.5. The molecule has 0 bridgehead atoms. The van der Waals surface area contributed by atoms with Gasteiger partial charge in [0, 0.05) is 37.8 Å². The standard InChI is InChI=1S/C18H30N6O6/c19-4-1-7-22-16(25)28-13-10-14(29-17(26)23-8-2-5-20)12-15(11-13)30-18(27)24-9-3-6-21/h10-12H,1-9,19-21H2,(H,22,25)(H,23,26)(H,24,27). The van der Waals surface area contributed by atoms with Crippen LogP contribution in [0.4, 0.5) is 14.4 Å². The van der Waals surface area contributed by atoms with E-state index in [1.165, 1.54) is 18.2 Å². The van der Waals surface area contributed by atoms with Crippen LogP contribution < -0.4 is 47.4 Å². The summed E-state index contributed by atoms with van der Waals surface area (Å²) in [6, 6.07) is 3.93. The number of amides is 3. The van der Waals surface area contributed by atoms with Crippen molar-refractivity contribution in [1.29, 1.82) is 0 Å². The number of hydrogen-bond acceptors (Lipinski definition) is 9. The average molecular weight is 426 g/mol. The smallest absolute Gasteiger partial charge is 0.410 e. The van der Waals surface area contributed by atoms with Crippen molar-refractivity contribution >= 4 is 18.3 Å². The molecule has 12 heteroatoms. The molecular formula is C18H30N6O6. The lowest BCUT2D eigenvalue weighted by molar-refractivity contribution is 0.197. The van der Waals surface area contributed by atoms with Gasteiger partial charge < -0.3 is 47.4 Å². The quantitative estimate of drug-likeness (QED) is 0.249. The minimum Gasteiger partial charge on any atom is -0.410 e. The molecule has 30 heavy (non-hydrogen) atoms. The molecule has 1 aromatic carbocycles. The SMILES string of the molecule is NCCCNC(=O)Oc1cc(OC(=O)NCCCN)cc(OC(=O)NCCCN)c1. The van der Waals surface area contributed by atoms with Crippen LogP contribution in [0.3, 0.4) is 0 Å². The number of nitrogens with two attached hydrogens (primary N) is 3. The Morgan fingerprint density at radius 1 is 0.600 bits per heavy atom. The molecule has 12 nitrogen and oxygen atoms in total. The van der Waals surface area contributed by atoms with Gasteiger partial charge in [0.05, 0.1) is 0 Å². The van der Waals surface area contributed by atoms with Crippen LogP contribution in [0.15, 0.2) is 18.2 Å². The topological polar surface area (TPSA) is 193 Å². The number of nitrogens with one attached hydrogen (secondary N) is 3. The predicted molar refractivity (Wildman–Crippen MR) is 110 cm³/mol. The summed E-state index contributed by atoms with van der Waals surface area (Å²) < 4.78 is 15.5. The molecule has 0 saturated carbocycles. The summed E-state index contributed by atoms with van der Waals surface area (Å²) in [5.74, 6) is 0.0341. The third-order valence-electron chi connectivity index (χ3n) is 3.44. The van der Waals surface area contributed by atoms with Gasteiger partial charge in [-0.15, -0.1) is 0 Å². The van der Waals surface area contributed by atoms with Crippen molar-refractivity contribution in [3.05, 3.63) is 18.2 Å². The zero-order chi connectivity index (χ0) is 22.2. The molecular weight excluding hydrogens is 396 g/mol. The van der Waals surface area contributed by atoms with Crippen molar-refractivity contribution in [2.75, 3.05) is 39.3 Å². The van der Waals surface area contributed by atoms with Gasteiger partial charge in [-0.25, -0.2) is 14.4 Å². The molecule has 3 amide bonds. The van der Waals surface area contributed by atoms with Crippen LogP contribution in [0, 0.1) is 0 Å². The fourth-order valence-corrected chi connectivity index (χ4v) is 2.03. The van der Waals surface area contributed by atoms with E-state index in [-0.39, 0.29) is 17.2 Å². The van der Waals surface area contributed by atoms with Crippen molar-refractivity contribution < 1.29 is 28.6 Å². The third kappa shape index (κ3) is 11.0. The number of carbonyl (C=O) groups excluding carboxylic acids is 3. The number of benzene rings is 1. The summed E-state index contributed by atoms with van der Waals surface area (Å²) in [5.41, 5.74) is 16.1.